The summed E-state index contributed by atoms with van der Waals surface area (Å²) in [6.45, 7) is 0.0575. The molecule has 0 bridgehead atoms. The number of aromatic nitrogens is 2. The van der Waals surface area contributed by atoms with Gasteiger partial charge in [0.05, 0.1) is 24.8 Å². The van der Waals surface area contributed by atoms with Gasteiger partial charge in [0.2, 0.25) is 15.9 Å². The molecule has 0 aliphatic heterocycles. The molecule has 0 aliphatic carbocycles. The molecule has 3 rings (SSSR count). The van der Waals surface area contributed by atoms with Crippen LogP contribution < -0.4 is 25.5 Å². The summed E-state index contributed by atoms with van der Waals surface area (Å²) >= 11 is 0. The molecule has 0 atom stereocenters. The highest BCUT2D eigenvalue weighted by molar-refractivity contribution is 7.89. The Morgan fingerprint density at radius 2 is 1.73 bits per heavy atom. The second-order valence-corrected chi connectivity index (χ2v) is 8.63. The summed E-state index contributed by atoms with van der Waals surface area (Å²) in [5.74, 6) is 0.702. The number of ether oxygens (including phenoxy) is 2. The summed E-state index contributed by atoms with van der Waals surface area (Å²) < 4.78 is 34.2. The van der Waals surface area contributed by atoms with Crippen molar-refractivity contribution in [2.24, 2.45) is 5.14 Å². The topological polar surface area (TPSA) is 143 Å². The molecular weight excluding hydrogens is 448 g/mol. The number of nitrogens with zero attached hydrogens (tertiary/aromatic N) is 2. The van der Waals surface area contributed by atoms with E-state index in [2.05, 4.69) is 10.4 Å². The highest BCUT2D eigenvalue weighted by Crippen LogP contribution is 2.31. The van der Waals surface area contributed by atoms with Gasteiger partial charge in [-0.1, -0.05) is 12.1 Å². The van der Waals surface area contributed by atoms with E-state index in [1.165, 1.54) is 32.4 Å². The van der Waals surface area contributed by atoms with Gasteiger partial charge < -0.3 is 14.8 Å². The fourth-order valence-corrected chi connectivity index (χ4v) is 3.61. The number of primary sulfonamides is 1. The standard InChI is InChI=1S/C22H24N4O6S/c1-31-19-9-5-16(13-20(19)32-2)18-8-10-22(28)26(25-18)14-21(27)24-12-11-15-3-6-17(7-4-15)33(23,29)30/h3-10,13H,11-12,14H2,1-2H3,(H,24,27)(H2,23,29,30). The number of carbonyl (C=O) groups is 1. The van der Waals surface area contributed by atoms with Gasteiger partial charge in [-0.15, -0.1) is 0 Å². The Balaban J connectivity index is 1.64. The van der Waals surface area contributed by atoms with Crippen molar-refractivity contribution in [3.05, 3.63) is 70.5 Å². The van der Waals surface area contributed by atoms with E-state index in [4.69, 9.17) is 14.6 Å². The van der Waals surface area contributed by atoms with Crippen molar-refractivity contribution in [3.8, 4) is 22.8 Å². The van der Waals surface area contributed by atoms with Crippen molar-refractivity contribution in [3.63, 3.8) is 0 Å². The van der Waals surface area contributed by atoms with E-state index in [0.29, 0.717) is 35.7 Å². The molecule has 1 aromatic heterocycles. The van der Waals surface area contributed by atoms with Crippen molar-refractivity contribution >= 4 is 15.9 Å². The highest BCUT2D eigenvalue weighted by Gasteiger charge is 2.11. The Morgan fingerprint density at radius 3 is 2.36 bits per heavy atom. The Hall–Kier alpha value is -3.70. The van der Waals surface area contributed by atoms with Gasteiger partial charge in [-0.05, 0) is 48.4 Å². The first-order valence-corrected chi connectivity index (χ1v) is 11.4. The first-order valence-electron chi connectivity index (χ1n) is 9.90. The molecule has 1 heterocycles. The molecule has 1 amide bonds. The first-order chi connectivity index (χ1) is 15.7. The average molecular weight is 473 g/mol. The number of carbonyl (C=O) groups excluding carboxylic acids is 1. The molecule has 0 saturated heterocycles. The molecule has 0 spiro atoms. The zero-order valence-electron chi connectivity index (χ0n) is 18.1. The largest absolute Gasteiger partial charge is 0.493 e. The van der Waals surface area contributed by atoms with E-state index in [1.807, 2.05) is 0 Å². The molecule has 0 radical (unpaired) electrons. The Bertz CT molecular complexity index is 1300. The fraction of sp³-hybridized carbons (Fsp3) is 0.227. The maximum Gasteiger partial charge on any atom is 0.267 e. The Kier molecular flexibility index (Phi) is 7.46. The van der Waals surface area contributed by atoms with Crippen molar-refractivity contribution in [1.82, 2.24) is 15.1 Å². The lowest BCUT2D eigenvalue weighted by Crippen LogP contribution is -2.34. The van der Waals surface area contributed by atoms with E-state index in [-0.39, 0.29) is 17.3 Å². The lowest BCUT2D eigenvalue weighted by Gasteiger charge is -2.11. The molecule has 0 fully saturated rings. The van der Waals surface area contributed by atoms with Gasteiger partial charge in [-0.25, -0.2) is 18.2 Å². The van der Waals surface area contributed by atoms with Crippen molar-refractivity contribution in [1.29, 1.82) is 0 Å². The SMILES string of the molecule is COc1ccc(-c2ccc(=O)n(CC(=O)NCCc3ccc(S(N)(=O)=O)cc3)n2)cc1OC. The second-order valence-electron chi connectivity index (χ2n) is 7.07. The summed E-state index contributed by atoms with van der Waals surface area (Å²) in [5, 5.41) is 12.1. The third kappa shape index (κ3) is 6.18. The zero-order chi connectivity index (χ0) is 24.0. The van der Waals surface area contributed by atoms with Crippen molar-refractivity contribution in [2.75, 3.05) is 20.8 Å². The van der Waals surface area contributed by atoms with Crippen LogP contribution in [0.5, 0.6) is 11.5 Å². The third-order valence-electron chi connectivity index (χ3n) is 4.83. The maximum atomic E-state index is 12.3. The van der Waals surface area contributed by atoms with Gasteiger partial charge >= 0.3 is 0 Å². The summed E-state index contributed by atoms with van der Waals surface area (Å²) in [6.07, 6.45) is 0.477. The minimum atomic E-state index is -3.75. The minimum Gasteiger partial charge on any atom is -0.493 e. The van der Waals surface area contributed by atoms with Crippen molar-refractivity contribution in [2.45, 2.75) is 17.9 Å². The number of nitrogens with two attached hydrogens (primary N) is 1. The lowest BCUT2D eigenvalue weighted by atomic mass is 10.1. The van der Waals surface area contributed by atoms with Gasteiger partial charge in [-0.2, -0.15) is 5.10 Å². The summed E-state index contributed by atoms with van der Waals surface area (Å²) in [4.78, 5) is 24.5. The fourth-order valence-electron chi connectivity index (χ4n) is 3.10. The summed E-state index contributed by atoms with van der Waals surface area (Å²) in [7, 11) is -0.687. The van der Waals surface area contributed by atoms with E-state index >= 15 is 0 Å². The normalized spacial score (nSPS) is 11.1. The molecule has 174 valence electrons. The van der Waals surface area contributed by atoms with Crippen LogP contribution in [0.4, 0.5) is 0 Å². The number of sulfonamides is 1. The molecule has 0 unspecified atom stereocenters. The molecule has 10 nitrogen and oxygen atoms in total. The number of benzene rings is 2. The maximum absolute atomic E-state index is 12.3. The van der Waals surface area contributed by atoms with Crippen LogP contribution in [-0.4, -0.2) is 44.9 Å². The molecule has 0 saturated carbocycles. The summed E-state index contributed by atoms with van der Waals surface area (Å²) in [6, 6.07) is 14.2. The molecule has 3 N–H and O–H groups in total. The quantitative estimate of drug-likeness (QED) is 0.472. The van der Waals surface area contributed by atoms with Gasteiger partial charge in [0, 0.05) is 18.2 Å². The summed E-state index contributed by atoms with van der Waals surface area (Å²) in [5.41, 5.74) is 1.62. The molecular formula is C22H24N4O6S. The van der Waals surface area contributed by atoms with E-state index in [0.717, 1.165) is 10.2 Å². The van der Waals surface area contributed by atoms with E-state index < -0.39 is 15.6 Å². The van der Waals surface area contributed by atoms with Gasteiger partial charge in [0.15, 0.2) is 11.5 Å². The zero-order valence-corrected chi connectivity index (χ0v) is 19.0. The Labute approximate surface area is 191 Å². The molecule has 3 aromatic rings. The average Bonchev–Trinajstić information content (AvgIpc) is 2.79. The first kappa shape index (κ1) is 24.0. The monoisotopic (exact) mass is 472 g/mol. The van der Waals surface area contributed by atoms with Crippen LogP contribution in [0.2, 0.25) is 0 Å². The van der Waals surface area contributed by atoms with Crippen LogP contribution in [0.25, 0.3) is 11.3 Å². The molecule has 11 heteroatoms. The number of hydrogen-bond donors (Lipinski definition) is 2. The molecule has 2 aromatic carbocycles. The smallest absolute Gasteiger partial charge is 0.267 e. The van der Waals surface area contributed by atoms with Gasteiger partial charge in [-0.3, -0.25) is 9.59 Å². The van der Waals surface area contributed by atoms with Crippen LogP contribution in [0.3, 0.4) is 0 Å². The predicted molar refractivity (Wildman–Crippen MR) is 122 cm³/mol. The lowest BCUT2D eigenvalue weighted by molar-refractivity contribution is -0.121. The Morgan fingerprint density at radius 1 is 1.03 bits per heavy atom. The van der Waals surface area contributed by atoms with E-state index in [1.54, 1.807) is 36.4 Å². The molecule has 33 heavy (non-hydrogen) atoms. The van der Waals surface area contributed by atoms with Crippen LogP contribution in [0.1, 0.15) is 5.56 Å². The number of nitrogens with one attached hydrogen (secondary N) is 1. The predicted octanol–water partition coefficient (Wildman–Crippen LogP) is 0.934. The van der Waals surface area contributed by atoms with Gasteiger partial charge in [0.25, 0.3) is 5.56 Å². The van der Waals surface area contributed by atoms with Crippen LogP contribution >= 0.6 is 0 Å². The molecule has 0 aliphatic rings. The van der Waals surface area contributed by atoms with E-state index in [9.17, 15) is 18.0 Å². The number of methoxy groups -OCH3 is 2. The van der Waals surface area contributed by atoms with Crippen molar-refractivity contribution < 1.29 is 22.7 Å². The highest BCUT2D eigenvalue weighted by atomic mass is 32.2. The number of rotatable bonds is 9. The van der Waals surface area contributed by atoms with Crippen LogP contribution in [0, 0.1) is 0 Å². The van der Waals surface area contributed by atoms with Gasteiger partial charge in [0.1, 0.15) is 6.54 Å². The second kappa shape index (κ2) is 10.3. The number of amides is 1. The third-order valence-corrected chi connectivity index (χ3v) is 5.76. The van der Waals surface area contributed by atoms with Crippen LogP contribution in [0.15, 0.2) is 64.3 Å². The minimum absolute atomic E-state index is 0.0232. The number of hydrogen-bond acceptors (Lipinski definition) is 7. The van der Waals surface area contributed by atoms with Crippen LogP contribution in [-0.2, 0) is 27.8 Å².